The molecule has 0 bridgehead atoms. The summed E-state index contributed by atoms with van der Waals surface area (Å²) in [7, 11) is 0. The first kappa shape index (κ1) is 22.8. The Kier molecular flexibility index (Phi) is 6.12. The average molecular weight is 449 g/mol. The maximum absolute atomic E-state index is 13.4. The summed E-state index contributed by atoms with van der Waals surface area (Å²) in [4.78, 5) is 18.1. The summed E-state index contributed by atoms with van der Waals surface area (Å²) < 4.78 is 15.2. The van der Waals surface area contributed by atoms with Gasteiger partial charge in [0.15, 0.2) is 5.82 Å². The Bertz CT molecular complexity index is 1330. The highest BCUT2D eigenvalue weighted by Gasteiger charge is 2.22. The predicted molar refractivity (Wildman–Crippen MR) is 126 cm³/mol. The van der Waals surface area contributed by atoms with Crippen LogP contribution < -0.4 is 5.56 Å². The van der Waals surface area contributed by atoms with Gasteiger partial charge in [0.05, 0.1) is 17.6 Å². The zero-order chi connectivity index (χ0) is 23.8. The number of fused-ring (bicyclic) bond motifs is 1. The van der Waals surface area contributed by atoms with Crippen LogP contribution in [0.25, 0.3) is 10.9 Å². The van der Waals surface area contributed by atoms with Crippen LogP contribution in [0, 0.1) is 19.7 Å². The molecule has 0 unspecified atom stereocenters. The van der Waals surface area contributed by atoms with E-state index in [0.717, 1.165) is 27.6 Å². The largest absolute Gasteiger partial charge is 0.321 e. The minimum absolute atomic E-state index is 0.115. The van der Waals surface area contributed by atoms with Crippen molar-refractivity contribution in [2.75, 3.05) is 0 Å². The second-order valence-corrected chi connectivity index (χ2v) is 9.56. The molecule has 2 aromatic heterocycles. The Morgan fingerprint density at radius 3 is 2.39 bits per heavy atom. The SMILES string of the molecule is Cc1ccc(C)c2[nH]c(=O)c(CN(Cc3ccc(F)cc3)Cc3nnnn3C(C)(C)C)cc12. The third-order valence-corrected chi connectivity index (χ3v) is 5.77. The summed E-state index contributed by atoms with van der Waals surface area (Å²) in [6.45, 7) is 11.5. The summed E-state index contributed by atoms with van der Waals surface area (Å²) in [5, 5.41) is 13.3. The molecular weight excluding hydrogens is 419 g/mol. The van der Waals surface area contributed by atoms with E-state index >= 15 is 0 Å². The minimum atomic E-state index is -0.282. The molecule has 0 spiro atoms. The van der Waals surface area contributed by atoms with Crippen LogP contribution in [0.3, 0.4) is 0 Å². The van der Waals surface area contributed by atoms with Crippen LogP contribution in [0.15, 0.2) is 47.3 Å². The molecule has 0 aliphatic rings. The summed E-state index contributed by atoms with van der Waals surface area (Å²) in [6, 6.07) is 12.5. The lowest BCUT2D eigenvalue weighted by atomic mass is 10.0. The van der Waals surface area contributed by atoms with Crippen molar-refractivity contribution >= 4 is 10.9 Å². The number of benzene rings is 2. The van der Waals surface area contributed by atoms with E-state index < -0.39 is 0 Å². The normalized spacial score (nSPS) is 12.1. The number of nitrogens with zero attached hydrogens (tertiary/aromatic N) is 5. The van der Waals surface area contributed by atoms with Gasteiger partial charge in [0, 0.05) is 24.0 Å². The predicted octanol–water partition coefficient (Wildman–Crippen LogP) is 4.23. The number of tetrazole rings is 1. The molecule has 172 valence electrons. The lowest BCUT2D eigenvalue weighted by Gasteiger charge is -2.25. The molecule has 2 heterocycles. The van der Waals surface area contributed by atoms with Crippen LogP contribution in [0.2, 0.25) is 0 Å². The van der Waals surface area contributed by atoms with E-state index in [4.69, 9.17) is 0 Å². The lowest BCUT2D eigenvalue weighted by Crippen LogP contribution is -2.31. The monoisotopic (exact) mass is 448 g/mol. The smallest absolute Gasteiger partial charge is 0.252 e. The Labute approximate surface area is 192 Å². The average Bonchev–Trinajstić information content (AvgIpc) is 3.22. The van der Waals surface area contributed by atoms with Crippen molar-refractivity contribution < 1.29 is 4.39 Å². The molecule has 4 aromatic rings. The van der Waals surface area contributed by atoms with Crippen LogP contribution >= 0.6 is 0 Å². The van der Waals surface area contributed by atoms with E-state index in [1.807, 2.05) is 46.8 Å². The number of halogens is 1. The molecule has 0 saturated heterocycles. The van der Waals surface area contributed by atoms with E-state index in [-0.39, 0.29) is 16.9 Å². The highest BCUT2D eigenvalue weighted by atomic mass is 19.1. The van der Waals surface area contributed by atoms with Gasteiger partial charge in [-0.1, -0.05) is 24.3 Å². The number of pyridine rings is 1. The van der Waals surface area contributed by atoms with E-state index in [9.17, 15) is 9.18 Å². The quantitative estimate of drug-likeness (QED) is 0.478. The lowest BCUT2D eigenvalue weighted by molar-refractivity contribution is 0.223. The molecule has 33 heavy (non-hydrogen) atoms. The molecule has 1 N–H and O–H groups in total. The van der Waals surface area contributed by atoms with Crippen molar-refractivity contribution in [2.45, 2.75) is 59.8 Å². The Morgan fingerprint density at radius 2 is 1.70 bits per heavy atom. The fourth-order valence-corrected chi connectivity index (χ4v) is 4.02. The maximum atomic E-state index is 13.4. The van der Waals surface area contributed by atoms with Gasteiger partial charge in [-0.2, -0.15) is 0 Å². The molecule has 4 rings (SSSR count). The van der Waals surface area contributed by atoms with Crippen molar-refractivity contribution in [2.24, 2.45) is 0 Å². The Balaban J connectivity index is 1.71. The molecule has 0 fully saturated rings. The van der Waals surface area contributed by atoms with Gasteiger partial charge in [-0.05, 0) is 79.9 Å². The number of aryl methyl sites for hydroxylation is 2. The standard InChI is InChI=1S/C25H29FN6O/c1-16-6-7-17(2)23-21(16)12-19(24(33)27-23)14-31(13-18-8-10-20(26)11-9-18)15-22-28-29-30-32(22)25(3,4)5/h6-12H,13-15H2,1-5H3,(H,27,33). The van der Waals surface area contributed by atoms with Gasteiger partial charge in [0.1, 0.15) is 5.82 Å². The fourth-order valence-electron chi connectivity index (χ4n) is 4.02. The first-order chi connectivity index (χ1) is 15.6. The molecule has 0 amide bonds. The van der Waals surface area contributed by atoms with Gasteiger partial charge in [-0.15, -0.1) is 5.10 Å². The fraction of sp³-hybridized carbons (Fsp3) is 0.360. The maximum Gasteiger partial charge on any atom is 0.252 e. The van der Waals surface area contributed by atoms with Gasteiger partial charge >= 0.3 is 0 Å². The summed E-state index contributed by atoms with van der Waals surface area (Å²) >= 11 is 0. The van der Waals surface area contributed by atoms with E-state index in [1.54, 1.807) is 16.8 Å². The number of H-pyrrole nitrogens is 1. The third-order valence-electron chi connectivity index (χ3n) is 5.77. The first-order valence-electron chi connectivity index (χ1n) is 11.0. The molecule has 0 atom stereocenters. The minimum Gasteiger partial charge on any atom is -0.321 e. The number of hydrogen-bond acceptors (Lipinski definition) is 5. The van der Waals surface area contributed by atoms with Gasteiger partial charge in [-0.3, -0.25) is 9.69 Å². The van der Waals surface area contributed by atoms with Crippen LogP contribution in [-0.4, -0.2) is 30.1 Å². The van der Waals surface area contributed by atoms with Crippen LogP contribution in [0.1, 0.15) is 48.8 Å². The van der Waals surface area contributed by atoms with Crippen molar-refractivity contribution in [3.8, 4) is 0 Å². The molecule has 0 radical (unpaired) electrons. The van der Waals surface area contributed by atoms with Gasteiger partial charge in [0.25, 0.3) is 5.56 Å². The second kappa shape index (κ2) is 8.86. The van der Waals surface area contributed by atoms with Crippen molar-refractivity contribution in [1.29, 1.82) is 0 Å². The van der Waals surface area contributed by atoms with Gasteiger partial charge in [0.2, 0.25) is 0 Å². The number of rotatable bonds is 6. The zero-order valence-corrected chi connectivity index (χ0v) is 19.7. The van der Waals surface area contributed by atoms with Crippen molar-refractivity contribution in [3.63, 3.8) is 0 Å². The highest BCUT2D eigenvalue weighted by Crippen LogP contribution is 2.22. The second-order valence-electron chi connectivity index (χ2n) is 9.56. The van der Waals surface area contributed by atoms with Crippen molar-refractivity contribution in [1.82, 2.24) is 30.1 Å². The summed E-state index contributed by atoms with van der Waals surface area (Å²) in [5.74, 6) is 0.424. The Hall–Kier alpha value is -3.39. The molecule has 0 saturated carbocycles. The number of nitrogens with one attached hydrogen (secondary N) is 1. The van der Waals surface area contributed by atoms with Gasteiger partial charge in [-0.25, -0.2) is 9.07 Å². The third kappa shape index (κ3) is 5.01. The van der Waals surface area contributed by atoms with Crippen molar-refractivity contribution in [3.05, 3.63) is 86.7 Å². The topological polar surface area (TPSA) is 79.7 Å². The summed E-state index contributed by atoms with van der Waals surface area (Å²) in [6.07, 6.45) is 0. The zero-order valence-electron chi connectivity index (χ0n) is 19.7. The Morgan fingerprint density at radius 1 is 1.00 bits per heavy atom. The molecule has 0 aliphatic heterocycles. The van der Waals surface area contributed by atoms with E-state index in [2.05, 4.69) is 31.5 Å². The highest BCUT2D eigenvalue weighted by molar-refractivity contribution is 5.85. The van der Waals surface area contributed by atoms with Gasteiger partial charge < -0.3 is 4.98 Å². The van der Waals surface area contributed by atoms with Crippen LogP contribution in [-0.2, 0) is 25.2 Å². The number of hydrogen-bond donors (Lipinski definition) is 1. The number of aromatic amines is 1. The molecule has 2 aromatic carbocycles. The molecule has 0 aliphatic carbocycles. The first-order valence-corrected chi connectivity index (χ1v) is 11.0. The molecule has 7 nitrogen and oxygen atoms in total. The number of aromatic nitrogens is 5. The molecule has 8 heteroatoms. The van der Waals surface area contributed by atoms with E-state index in [0.29, 0.717) is 31.0 Å². The molecular formula is C25H29FN6O. The van der Waals surface area contributed by atoms with Crippen LogP contribution in [0.4, 0.5) is 4.39 Å². The van der Waals surface area contributed by atoms with Crippen LogP contribution in [0.5, 0.6) is 0 Å². The summed E-state index contributed by atoms with van der Waals surface area (Å²) in [5.41, 5.74) is 4.21. The van der Waals surface area contributed by atoms with E-state index in [1.165, 1.54) is 12.1 Å².